The van der Waals surface area contributed by atoms with Crippen LogP contribution >= 0.6 is 11.8 Å². The number of aryl methyl sites for hydroxylation is 2. The second-order valence-corrected chi connectivity index (χ2v) is 10.2. The number of fused-ring (bicyclic) bond motifs is 1. The number of methoxy groups -OCH3 is 1. The molecule has 33 heavy (non-hydrogen) atoms. The van der Waals surface area contributed by atoms with Crippen LogP contribution in [0.15, 0.2) is 35.4 Å². The third kappa shape index (κ3) is 3.66. The molecule has 0 spiro atoms. The Bertz CT molecular complexity index is 1150. The SMILES string of the molecule is COc1cc(C)cc(C)c1-c1cccc2c([N+](C)(C3CCOC3)C3CCOC3)c(SC)nn12. The summed E-state index contributed by atoms with van der Waals surface area (Å²) in [6.45, 7) is 7.46. The molecule has 6 nitrogen and oxygen atoms in total. The van der Waals surface area contributed by atoms with Gasteiger partial charge in [-0.1, -0.05) is 12.1 Å². The number of pyridine rings is 1. The molecule has 7 heteroatoms. The van der Waals surface area contributed by atoms with Gasteiger partial charge in [0.2, 0.25) is 0 Å². The average molecular weight is 469 g/mol. The number of aromatic nitrogens is 2. The van der Waals surface area contributed by atoms with Crippen molar-refractivity contribution >= 4 is 23.0 Å². The van der Waals surface area contributed by atoms with E-state index in [1.807, 2.05) is 0 Å². The van der Waals surface area contributed by atoms with E-state index in [9.17, 15) is 0 Å². The average Bonchev–Trinajstić information content (AvgIpc) is 3.58. The summed E-state index contributed by atoms with van der Waals surface area (Å²) in [5.41, 5.74) is 6.98. The minimum absolute atomic E-state index is 0.398. The Kier molecular flexibility index (Phi) is 6.16. The smallest absolute Gasteiger partial charge is 0.193 e. The van der Waals surface area contributed by atoms with Gasteiger partial charge in [0.05, 0.1) is 46.3 Å². The molecule has 2 aliphatic heterocycles. The van der Waals surface area contributed by atoms with Crippen molar-refractivity contribution in [2.24, 2.45) is 0 Å². The summed E-state index contributed by atoms with van der Waals surface area (Å²) in [5, 5.41) is 6.26. The molecule has 0 N–H and O–H groups in total. The summed E-state index contributed by atoms with van der Waals surface area (Å²) >= 11 is 1.73. The first-order valence-electron chi connectivity index (χ1n) is 11.7. The molecule has 0 amide bonds. The zero-order valence-corrected chi connectivity index (χ0v) is 21.1. The van der Waals surface area contributed by atoms with Crippen LogP contribution in [0.4, 0.5) is 5.69 Å². The van der Waals surface area contributed by atoms with Gasteiger partial charge in [-0.05, 0) is 49.4 Å². The fraction of sp³-hybridized carbons (Fsp3) is 0.500. The Hall–Kier alpha value is -2.06. The van der Waals surface area contributed by atoms with E-state index in [0.717, 1.165) is 71.3 Å². The van der Waals surface area contributed by atoms with Gasteiger partial charge in [0, 0.05) is 18.4 Å². The summed E-state index contributed by atoms with van der Waals surface area (Å²) in [4.78, 5) is 0. The number of quaternary nitrogens is 1. The Morgan fingerprint density at radius 3 is 2.36 bits per heavy atom. The summed E-state index contributed by atoms with van der Waals surface area (Å²) < 4.78 is 20.5. The predicted molar refractivity (Wildman–Crippen MR) is 135 cm³/mol. The van der Waals surface area contributed by atoms with Gasteiger partial charge in [-0.15, -0.1) is 11.8 Å². The van der Waals surface area contributed by atoms with E-state index in [-0.39, 0.29) is 0 Å². The second-order valence-electron chi connectivity index (χ2n) is 9.41. The van der Waals surface area contributed by atoms with E-state index in [1.165, 1.54) is 16.8 Å². The predicted octanol–water partition coefficient (Wildman–Crippen LogP) is 4.86. The third-order valence-electron chi connectivity index (χ3n) is 7.52. The fourth-order valence-electron chi connectivity index (χ4n) is 5.79. The maximum absolute atomic E-state index is 5.89. The lowest BCUT2D eigenvalue weighted by atomic mass is 10.0. The number of thioether (sulfide) groups is 1. The molecule has 1 aromatic carbocycles. The second kappa shape index (κ2) is 8.95. The Morgan fingerprint density at radius 1 is 1.09 bits per heavy atom. The van der Waals surface area contributed by atoms with E-state index < -0.39 is 0 Å². The number of hydrogen-bond acceptors (Lipinski definition) is 5. The van der Waals surface area contributed by atoms with Crippen molar-refractivity contribution in [1.82, 2.24) is 14.1 Å². The van der Waals surface area contributed by atoms with E-state index >= 15 is 0 Å². The highest BCUT2D eigenvalue weighted by Gasteiger charge is 2.49. The highest BCUT2D eigenvalue weighted by Crippen LogP contribution is 2.45. The van der Waals surface area contributed by atoms with Crippen molar-refractivity contribution in [2.45, 2.75) is 43.8 Å². The molecule has 2 atom stereocenters. The molecular weight excluding hydrogens is 434 g/mol. The van der Waals surface area contributed by atoms with Gasteiger partial charge >= 0.3 is 0 Å². The molecule has 3 aromatic rings. The van der Waals surface area contributed by atoms with Crippen LogP contribution in [0.25, 0.3) is 16.8 Å². The van der Waals surface area contributed by atoms with E-state index in [0.29, 0.717) is 12.1 Å². The Morgan fingerprint density at radius 2 is 1.79 bits per heavy atom. The van der Waals surface area contributed by atoms with Crippen LogP contribution in [0.3, 0.4) is 0 Å². The molecule has 2 saturated heterocycles. The van der Waals surface area contributed by atoms with Gasteiger partial charge in [0.25, 0.3) is 0 Å². The quantitative estimate of drug-likeness (QED) is 0.382. The summed E-state index contributed by atoms with van der Waals surface area (Å²) in [5.74, 6) is 0.883. The summed E-state index contributed by atoms with van der Waals surface area (Å²) in [7, 11) is 4.12. The molecule has 4 heterocycles. The Labute approximate surface area is 200 Å². The molecule has 2 aromatic heterocycles. The molecule has 176 valence electrons. The normalized spacial score (nSPS) is 22.7. The largest absolute Gasteiger partial charge is 0.496 e. The standard InChI is InChI=1S/C26H34N3O3S/c1-17-13-18(2)24(23(14-17)30-4)21-7-6-8-22-25(26(33-5)27-28(21)22)29(3,19-9-11-31-15-19)20-10-12-32-16-20/h6-8,13-14,19-20H,9-12,15-16H2,1-5H3/q+1. The zero-order valence-electron chi connectivity index (χ0n) is 20.3. The van der Waals surface area contributed by atoms with Crippen LogP contribution in [0, 0.1) is 13.8 Å². The number of likely N-dealkylation sites (N-methyl/N-ethyl adjacent to an activating group) is 1. The third-order valence-corrected chi connectivity index (χ3v) is 8.19. The van der Waals surface area contributed by atoms with E-state index in [1.54, 1.807) is 18.9 Å². The van der Waals surface area contributed by atoms with Crippen molar-refractivity contribution in [3.05, 3.63) is 41.5 Å². The van der Waals surface area contributed by atoms with Crippen LogP contribution < -0.4 is 9.22 Å². The monoisotopic (exact) mass is 468 g/mol. The first-order chi connectivity index (χ1) is 16.0. The minimum atomic E-state index is 0.398. The molecule has 0 aliphatic carbocycles. The van der Waals surface area contributed by atoms with Crippen LogP contribution in [-0.2, 0) is 9.47 Å². The van der Waals surface area contributed by atoms with Gasteiger partial charge in [-0.3, -0.25) is 4.48 Å². The number of hydrogen-bond donors (Lipinski definition) is 0. The number of ether oxygens (including phenoxy) is 3. The molecule has 2 unspecified atom stereocenters. The molecular formula is C26H34N3O3S+. The van der Waals surface area contributed by atoms with Crippen molar-refractivity contribution < 1.29 is 14.2 Å². The van der Waals surface area contributed by atoms with Crippen molar-refractivity contribution in [1.29, 1.82) is 0 Å². The van der Waals surface area contributed by atoms with Gasteiger partial charge in [-0.2, -0.15) is 5.10 Å². The van der Waals surface area contributed by atoms with Gasteiger partial charge in [0.1, 0.15) is 23.3 Å². The molecule has 5 rings (SSSR count). The molecule has 2 aliphatic rings. The van der Waals surface area contributed by atoms with Crippen LogP contribution in [0.1, 0.15) is 24.0 Å². The van der Waals surface area contributed by atoms with Gasteiger partial charge in [-0.25, -0.2) is 4.52 Å². The lowest BCUT2D eigenvalue weighted by Gasteiger charge is -2.43. The van der Waals surface area contributed by atoms with E-state index in [2.05, 4.69) is 62.0 Å². The van der Waals surface area contributed by atoms with Crippen molar-refractivity contribution in [3.8, 4) is 17.0 Å². The molecule has 2 fully saturated rings. The minimum Gasteiger partial charge on any atom is -0.496 e. The first kappa shape index (κ1) is 22.7. The highest BCUT2D eigenvalue weighted by atomic mass is 32.2. The fourth-order valence-corrected chi connectivity index (χ4v) is 6.44. The summed E-state index contributed by atoms with van der Waals surface area (Å²) in [6.07, 6.45) is 4.24. The Balaban J connectivity index is 1.77. The number of benzene rings is 1. The molecule has 0 radical (unpaired) electrons. The van der Waals surface area contributed by atoms with Crippen LogP contribution in [0.5, 0.6) is 5.75 Å². The van der Waals surface area contributed by atoms with Crippen molar-refractivity contribution in [3.63, 3.8) is 0 Å². The van der Waals surface area contributed by atoms with Crippen LogP contribution in [0.2, 0.25) is 0 Å². The highest BCUT2D eigenvalue weighted by molar-refractivity contribution is 7.98. The first-order valence-corrected chi connectivity index (χ1v) is 12.9. The zero-order chi connectivity index (χ0) is 23.2. The lowest BCUT2D eigenvalue weighted by Crippen LogP contribution is -2.61. The number of rotatable bonds is 6. The maximum atomic E-state index is 5.89. The van der Waals surface area contributed by atoms with Crippen LogP contribution in [-0.4, -0.2) is 68.5 Å². The van der Waals surface area contributed by atoms with Gasteiger partial charge in [0.15, 0.2) is 10.7 Å². The molecule has 0 saturated carbocycles. The van der Waals surface area contributed by atoms with Crippen molar-refractivity contribution in [2.75, 3.05) is 46.8 Å². The lowest BCUT2D eigenvalue weighted by molar-refractivity contribution is 0.116. The van der Waals surface area contributed by atoms with Gasteiger partial charge < -0.3 is 14.2 Å². The topological polar surface area (TPSA) is 45.0 Å². The molecule has 0 bridgehead atoms. The summed E-state index contributed by atoms with van der Waals surface area (Å²) in [6, 6.07) is 11.6. The maximum Gasteiger partial charge on any atom is 0.193 e. The number of nitrogens with zero attached hydrogens (tertiary/aromatic N) is 3. The van der Waals surface area contributed by atoms with E-state index in [4.69, 9.17) is 19.3 Å².